The Balaban J connectivity index is 3.08. The maximum atomic E-state index is 8.71. The zero-order valence-electron chi connectivity index (χ0n) is 7.95. The first kappa shape index (κ1) is 10.1. The Morgan fingerprint density at radius 3 is 2.54 bits per heavy atom. The van der Waals surface area contributed by atoms with Gasteiger partial charge < -0.3 is 0 Å². The lowest BCUT2D eigenvalue weighted by Gasteiger charge is -2.07. The Bertz CT molecular complexity index is 335. The summed E-state index contributed by atoms with van der Waals surface area (Å²) in [5.41, 5.74) is 0.804. The molecule has 1 aromatic rings. The van der Waals surface area contributed by atoms with E-state index in [2.05, 4.69) is 11.2 Å². The van der Waals surface area contributed by atoms with E-state index in [9.17, 15) is 0 Å². The number of aromatic nitrogens is 2. The van der Waals surface area contributed by atoms with Crippen LogP contribution in [0.2, 0.25) is 5.15 Å². The summed E-state index contributed by atoms with van der Waals surface area (Å²) in [5.74, 6) is -0.194. The molecule has 1 heterocycles. The van der Waals surface area contributed by atoms with Crippen LogP contribution in [0.5, 0.6) is 0 Å². The highest BCUT2D eigenvalue weighted by Crippen LogP contribution is 2.25. The molecule has 0 radical (unpaired) electrons. The van der Waals surface area contributed by atoms with Gasteiger partial charge in [0.05, 0.1) is 18.2 Å². The van der Waals surface area contributed by atoms with Gasteiger partial charge in [0, 0.05) is 11.6 Å². The van der Waals surface area contributed by atoms with Gasteiger partial charge in [-0.3, -0.25) is 4.68 Å². The zero-order chi connectivity index (χ0) is 10.0. The highest BCUT2D eigenvalue weighted by Gasteiger charge is 2.15. The van der Waals surface area contributed by atoms with Gasteiger partial charge in [-0.2, -0.15) is 10.4 Å². The van der Waals surface area contributed by atoms with Gasteiger partial charge in [-0.05, 0) is 20.8 Å². The number of nitrogens with zero attached hydrogens (tertiary/aromatic N) is 3. The highest BCUT2D eigenvalue weighted by molar-refractivity contribution is 6.30. The van der Waals surface area contributed by atoms with Crippen LogP contribution in [-0.4, -0.2) is 9.78 Å². The van der Waals surface area contributed by atoms with E-state index in [1.807, 2.05) is 20.8 Å². The van der Waals surface area contributed by atoms with Crippen molar-refractivity contribution in [2.45, 2.75) is 32.7 Å². The minimum Gasteiger partial charge on any atom is -0.251 e. The van der Waals surface area contributed by atoms with Gasteiger partial charge in [0.1, 0.15) is 5.15 Å². The fourth-order valence-electron chi connectivity index (χ4n) is 1.08. The van der Waals surface area contributed by atoms with Crippen LogP contribution in [0.3, 0.4) is 0 Å². The van der Waals surface area contributed by atoms with E-state index < -0.39 is 0 Å². The molecule has 4 heteroatoms. The van der Waals surface area contributed by atoms with E-state index in [-0.39, 0.29) is 12.0 Å². The van der Waals surface area contributed by atoms with Crippen LogP contribution < -0.4 is 0 Å². The molecule has 0 aliphatic rings. The van der Waals surface area contributed by atoms with Crippen molar-refractivity contribution in [3.05, 3.63) is 16.9 Å². The third-order valence-corrected chi connectivity index (χ3v) is 2.30. The van der Waals surface area contributed by atoms with Crippen LogP contribution in [0.1, 0.15) is 38.3 Å². The van der Waals surface area contributed by atoms with Crippen molar-refractivity contribution in [2.24, 2.45) is 0 Å². The summed E-state index contributed by atoms with van der Waals surface area (Å²) in [6.45, 7) is 5.81. The average Bonchev–Trinajstić information content (AvgIpc) is 2.46. The number of rotatable bonds is 2. The maximum Gasteiger partial charge on any atom is 0.131 e. The minimum absolute atomic E-state index is 0.194. The quantitative estimate of drug-likeness (QED) is 0.732. The molecule has 0 fully saturated rings. The molecule has 70 valence electrons. The van der Waals surface area contributed by atoms with Crippen molar-refractivity contribution in [1.29, 1.82) is 5.26 Å². The first-order valence-electron chi connectivity index (χ1n) is 4.20. The second kappa shape index (κ2) is 3.80. The Morgan fingerprint density at radius 2 is 2.15 bits per heavy atom. The lowest BCUT2D eigenvalue weighted by atomic mass is 10.1. The van der Waals surface area contributed by atoms with Gasteiger partial charge in [0.2, 0.25) is 0 Å². The predicted molar refractivity (Wildman–Crippen MR) is 51.7 cm³/mol. The van der Waals surface area contributed by atoms with Crippen LogP contribution in [0, 0.1) is 11.3 Å². The molecule has 0 aliphatic heterocycles. The molecule has 0 saturated carbocycles. The van der Waals surface area contributed by atoms with Gasteiger partial charge >= 0.3 is 0 Å². The van der Waals surface area contributed by atoms with Gasteiger partial charge in [0.25, 0.3) is 0 Å². The summed E-state index contributed by atoms with van der Waals surface area (Å²) in [5, 5.41) is 13.4. The predicted octanol–water partition coefficient (Wildman–Crippen LogP) is 2.74. The number of hydrogen-bond donors (Lipinski definition) is 0. The second-order valence-corrected chi connectivity index (χ2v) is 3.64. The Hall–Kier alpha value is -1.01. The smallest absolute Gasteiger partial charge is 0.131 e. The largest absolute Gasteiger partial charge is 0.251 e. The molecule has 0 bridgehead atoms. The minimum atomic E-state index is -0.194. The molecule has 0 aromatic carbocycles. The van der Waals surface area contributed by atoms with E-state index in [0.29, 0.717) is 5.15 Å². The van der Waals surface area contributed by atoms with Gasteiger partial charge in [-0.15, -0.1) is 0 Å². The summed E-state index contributed by atoms with van der Waals surface area (Å²) >= 11 is 6.04. The van der Waals surface area contributed by atoms with E-state index in [1.165, 1.54) is 0 Å². The lowest BCUT2D eigenvalue weighted by molar-refractivity contribution is 0.533. The van der Waals surface area contributed by atoms with Crippen LogP contribution in [0.4, 0.5) is 0 Å². The monoisotopic (exact) mass is 197 g/mol. The van der Waals surface area contributed by atoms with Crippen LogP contribution in [-0.2, 0) is 0 Å². The first-order valence-corrected chi connectivity index (χ1v) is 4.58. The summed E-state index contributed by atoms with van der Waals surface area (Å²) in [6, 6.07) is 2.37. The first-order chi connectivity index (χ1) is 6.07. The number of hydrogen-bond acceptors (Lipinski definition) is 2. The normalized spacial score (nSPS) is 12.9. The molecule has 13 heavy (non-hydrogen) atoms. The third kappa shape index (κ3) is 1.84. The molecule has 0 spiro atoms. The van der Waals surface area contributed by atoms with Crippen LogP contribution in [0.25, 0.3) is 0 Å². The van der Waals surface area contributed by atoms with Crippen molar-refractivity contribution in [3.63, 3.8) is 0 Å². The average molecular weight is 198 g/mol. The van der Waals surface area contributed by atoms with E-state index in [4.69, 9.17) is 16.9 Å². The van der Waals surface area contributed by atoms with Crippen molar-refractivity contribution in [1.82, 2.24) is 9.78 Å². The SMILES string of the molecule is CC(C#N)c1cnn(C(C)C)c1Cl. The van der Waals surface area contributed by atoms with Gasteiger partial charge in [-0.1, -0.05) is 11.6 Å². The van der Waals surface area contributed by atoms with E-state index in [1.54, 1.807) is 10.9 Å². The second-order valence-electron chi connectivity index (χ2n) is 3.28. The molecule has 3 nitrogen and oxygen atoms in total. The molecule has 0 amide bonds. The van der Waals surface area contributed by atoms with Crippen LogP contribution in [0.15, 0.2) is 6.20 Å². The molecular formula is C9H12ClN3. The fraction of sp³-hybridized carbons (Fsp3) is 0.556. The summed E-state index contributed by atoms with van der Waals surface area (Å²) in [6.07, 6.45) is 1.66. The standard InChI is InChI=1S/C9H12ClN3/c1-6(2)13-9(10)8(5-12-13)7(3)4-11/h5-7H,1-3H3. The number of halogens is 1. The Labute approximate surface area is 82.9 Å². The van der Waals surface area contributed by atoms with Crippen molar-refractivity contribution < 1.29 is 0 Å². The summed E-state index contributed by atoms with van der Waals surface area (Å²) in [7, 11) is 0. The molecule has 1 aromatic heterocycles. The fourth-order valence-corrected chi connectivity index (χ4v) is 1.53. The molecule has 1 rings (SSSR count). The third-order valence-electron chi connectivity index (χ3n) is 1.91. The molecule has 0 saturated heterocycles. The molecule has 1 unspecified atom stereocenters. The van der Waals surface area contributed by atoms with Crippen molar-refractivity contribution in [3.8, 4) is 6.07 Å². The van der Waals surface area contributed by atoms with Crippen molar-refractivity contribution in [2.75, 3.05) is 0 Å². The Kier molecular flexibility index (Phi) is 2.94. The molecule has 0 aliphatic carbocycles. The van der Waals surface area contributed by atoms with Gasteiger partial charge in [0.15, 0.2) is 0 Å². The molecule has 0 N–H and O–H groups in total. The summed E-state index contributed by atoms with van der Waals surface area (Å²) < 4.78 is 1.71. The van der Waals surface area contributed by atoms with Crippen molar-refractivity contribution >= 4 is 11.6 Å². The zero-order valence-corrected chi connectivity index (χ0v) is 8.71. The van der Waals surface area contributed by atoms with E-state index in [0.717, 1.165) is 5.56 Å². The Morgan fingerprint density at radius 1 is 1.54 bits per heavy atom. The molecular weight excluding hydrogens is 186 g/mol. The summed E-state index contributed by atoms with van der Waals surface area (Å²) in [4.78, 5) is 0. The maximum absolute atomic E-state index is 8.71. The van der Waals surface area contributed by atoms with Gasteiger partial charge in [-0.25, -0.2) is 0 Å². The lowest BCUT2D eigenvalue weighted by Crippen LogP contribution is -2.02. The van der Waals surface area contributed by atoms with Crippen LogP contribution >= 0.6 is 11.6 Å². The number of nitriles is 1. The molecule has 1 atom stereocenters. The highest BCUT2D eigenvalue weighted by atomic mass is 35.5. The van der Waals surface area contributed by atoms with E-state index >= 15 is 0 Å². The topological polar surface area (TPSA) is 41.6 Å².